The molecule has 2 rings (SSSR count). The van der Waals surface area contributed by atoms with Gasteiger partial charge in [0.2, 0.25) is 5.91 Å². The van der Waals surface area contributed by atoms with Gasteiger partial charge in [-0.2, -0.15) is 0 Å². The van der Waals surface area contributed by atoms with Crippen LogP contribution in [-0.4, -0.2) is 5.91 Å². The minimum Gasteiger partial charge on any atom is -0.352 e. The molecule has 2 heteroatoms. The average Bonchev–Trinajstić information content (AvgIpc) is 2.16. The number of hydrogen-bond donors (Lipinski definition) is 1. The fourth-order valence-corrected chi connectivity index (χ4v) is 2.04. The van der Waals surface area contributed by atoms with Gasteiger partial charge < -0.3 is 5.32 Å². The molecular weight excluding hydrogens is 186 g/mol. The van der Waals surface area contributed by atoms with Crippen LogP contribution < -0.4 is 5.32 Å². The fourth-order valence-electron chi connectivity index (χ4n) is 2.04. The third-order valence-corrected chi connectivity index (χ3v) is 2.74. The van der Waals surface area contributed by atoms with Crippen molar-refractivity contribution < 1.29 is 4.79 Å². The Balaban J connectivity index is 2.24. The van der Waals surface area contributed by atoms with Crippen molar-refractivity contribution in [2.24, 2.45) is 5.92 Å². The third-order valence-electron chi connectivity index (χ3n) is 2.74. The van der Waals surface area contributed by atoms with Crippen molar-refractivity contribution in [1.82, 2.24) is 5.32 Å². The molecule has 0 aliphatic carbocycles. The maximum Gasteiger partial charge on any atom is 0.224 e. The minimum absolute atomic E-state index is 0.143. The molecular formula is C13H17NO. The van der Waals surface area contributed by atoms with Crippen LogP contribution in [0.2, 0.25) is 0 Å². The van der Waals surface area contributed by atoms with Gasteiger partial charge in [0.25, 0.3) is 0 Å². The molecule has 80 valence electrons. The van der Waals surface area contributed by atoms with Gasteiger partial charge in [-0.3, -0.25) is 4.79 Å². The zero-order valence-corrected chi connectivity index (χ0v) is 9.34. The number of carbonyl (C=O) groups is 1. The van der Waals surface area contributed by atoms with E-state index in [4.69, 9.17) is 0 Å². The monoisotopic (exact) mass is 203 g/mol. The second-order valence-corrected chi connectivity index (χ2v) is 4.65. The van der Waals surface area contributed by atoms with Crippen molar-refractivity contribution in [2.45, 2.75) is 33.2 Å². The second-order valence-electron chi connectivity index (χ2n) is 4.65. The van der Waals surface area contributed by atoms with Crippen LogP contribution in [0.25, 0.3) is 0 Å². The predicted molar refractivity (Wildman–Crippen MR) is 60.5 cm³/mol. The van der Waals surface area contributed by atoms with Crippen LogP contribution in [0, 0.1) is 5.92 Å². The zero-order chi connectivity index (χ0) is 10.8. The van der Waals surface area contributed by atoms with Crippen molar-refractivity contribution in [2.75, 3.05) is 0 Å². The number of rotatable bonds is 2. The largest absolute Gasteiger partial charge is 0.352 e. The molecule has 1 N–H and O–H groups in total. The molecule has 1 heterocycles. The van der Waals surface area contributed by atoms with Crippen LogP contribution in [0.1, 0.15) is 30.5 Å². The van der Waals surface area contributed by atoms with Gasteiger partial charge in [-0.05, 0) is 29.0 Å². The molecule has 15 heavy (non-hydrogen) atoms. The molecule has 1 aliphatic heterocycles. The Kier molecular flexibility index (Phi) is 2.76. The summed E-state index contributed by atoms with van der Waals surface area (Å²) in [6.07, 6.45) is 1.64. The van der Waals surface area contributed by atoms with E-state index in [9.17, 15) is 4.79 Å². The van der Waals surface area contributed by atoms with Gasteiger partial charge in [0.15, 0.2) is 0 Å². The molecule has 0 radical (unpaired) electrons. The number of benzene rings is 1. The molecule has 1 aliphatic rings. The van der Waals surface area contributed by atoms with Crippen LogP contribution in [-0.2, 0) is 24.2 Å². The molecule has 0 saturated heterocycles. The van der Waals surface area contributed by atoms with Crippen LogP contribution in [0.15, 0.2) is 18.2 Å². The average molecular weight is 203 g/mol. The van der Waals surface area contributed by atoms with Crippen LogP contribution in [0.4, 0.5) is 0 Å². The van der Waals surface area contributed by atoms with Crippen molar-refractivity contribution in [3.05, 3.63) is 34.9 Å². The van der Waals surface area contributed by atoms with E-state index in [2.05, 4.69) is 37.4 Å². The Morgan fingerprint density at radius 3 is 2.87 bits per heavy atom. The highest BCUT2D eigenvalue weighted by atomic mass is 16.1. The van der Waals surface area contributed by atoms with Crippen molar-refractivity contribution in [3.8, 4) is 0 Å². The van der Waals surface area contributed by atoms with E-state index < -0.39 is 0 Å². The Morgan fingerprint density at radius 2 is 2.13 bits per heavy atom. The lowest BCUT2D eigenvalue weighted by molar-refractivity contribution is -0.121. The molecule has 0 spiro atoms. The van der Waals surface area contributed by atoms with Crippen LogP contribution in [0.5, 0.6) is 0 Å². The Bertz CT molecular complexity index is 382. The van der Waals surface area contributed by atoms with Gasteiger partial charge in [0.1, 0.15) is 0 Å². The highest BCUT2D eigenvalue weighted by Gasteiger charge is 2.14. The smallest absolute Gasteiger partial charge is 0.224 e. The van der Waals surface area contributed by atoms with Crippen molar-refractivity contribution in [3.63, 3.8) is 0 Å². The summed E-state index contributed by atoms with van der Waals surface area (Å²) in [6, 6.07) is 6.51. The summed E-state index contributed by atoms with van der Waals surface area (Å²) in [5, 5.41) is 2.86. The molecule has 2 nitrogen and oxygen atoms in total. The SMILES string of the molecule is CC(C)Cc1ccc2c(c1)CC(=O)NC2. The second kappa shape index (κ2) is 4.05. The lowest BCUT2D eigenvalue weighted by Crippen LogP contribution is -2.30. The van der Waals surface area contributed by atoms with Gasteiger partial charge in [-0.25, -0.2) is 0 Å². The van der Waals surface area contributed by atoms with Gasteiger partial charge in [0, 0.05) is 6.54 Å². The van der Waals surface area contributed by atoms with Crippen LogP contribution >= 0.6 is 0 Å². The molecule has 1 aromatic carbocycles. The van der Waals surface area contributed by atoms with E-state index >= 15 is 0 Å². The minimum atomic E-state index is 0.143. The number of nitrogens with one attached hydrogen (secondary N) is 1. The van der Waals surface area contributed by atoms with E-state index in [0.29, 0.717) is 18.9 Å². The molecule has 0 saturated carbocycles. The molecule has 0 fully saturated rings. The van der Waals surface area contributed by atoms with E-state index in [1.807, 2.05) is 0 Å². The van der Waals surface area contributed by atoms with Crippen molar-refractivity contribution >= 4 is 5.91 Å². The summed E-state index contributed by atoms with van der Waals surface area (Å²) in [5.41, 5.74) is 3.82. The van der Waals surface area contributed by atoms with Gasteiger partial charge >= 0.3 is 0 Å². The molecule has 1 aromatic rings. The van der Waals surface area contributed by atoms with E-state index in [1.54, 1.807) is 0 Å². The first-order chi connectivity index (χ1) is 7.15. The summed E-state index contributed by atoms with van der Waals surface area (Å²) in [5.74, 6) is 0.810. The van der Waals surface area contributed by atoms with E-state index in [1.165, 1.54) is 16.7 Å². The van der Waals surface area contributed by atoms with E-state index in [-0.39, 0.29) is 5.91 Å². The first kappa shape index (κ1) is 10.2. The maximum absolute atomic E-state index is 11.2. The standard InChI is InChI=1S/C13H17NO/c1-9(2)5-10-3-4-11-8-14-13(15)7-12(11)6-10/h3-4,6,9H,5,7-8H2,1-2H3,(H,14,15). The topological polar surface area (TPSA) is 29.1 Å². The fraction of sp³-hybridized carbons (Fsp3) is 0.462. The molecule has 0 aromatic heterocycles. The summed E-state index contributed by atoms with van der Waals surface area (Å²) in [7, 11) is 0. The van der Waals surface area contributed by atoms with Gasteiger partial charge in [0.05, 0.1) is 6.42 Å². The zero-order valence-electron chi connectivity index (χ0n) is 9.34. The Morgan fingerprint density at radius 1 is 1.33 bits per heavy atom. The maximum atomic E-state index is 11.2. The van der Waals surface area contributed by atoms with E-state index in [0.717, 1.165) is 6.42 Å². The molecule has 0 bridgehead atoms. The van der Waals surface area contributed by atoms with Gasteiger partial charge in [-0.15, -0.1) is 0 Å². The number of carbonyl (C=O) groups excluding carboxylic acids is 1. The summed E-state index contributed by atoms with van der Waals surface area (Å²) in [4.78, 5) is 11.2. The highest BCUT2D eigenvalue weighted by Crippen LogP contribution is 2.18. The third kappa shape index (κ3) is 2.38. The quantitative estimate of drug-likeness (QED) is 0.783. The first-order valence-corrected chi connectivity index (χ1v) is 5.52. The number of fused-ring (bicyclic) bond motifs is 1. The summed E-state index contributed by atoms with van der Waals surface area (Å²) < 4.78 is 0. The Hall–Kier alpha value is -1.31. The van der Waals surface area contributed by atoms with Gasteiger partial charge in [-0.1, -0.05) is 32.0 Å². The Labute approximate surface area is 90.7 Å². The number of amides is 1. The number of hydrogen-bond acceptors (Lipinski definition) is 1. The normalized spacial score (nSPS) is 15.0. The first-order valence-electron chi connectivity index (χ1n) is 5.52. The summed E-state index contributed by atoms with van der Waals surface area (Å²) >= 11 is 0. The van der Waals surface area contributed by atoms with Crippen LogP contribution in [0.3, 0.4) is 0 Å². The van der Waals surface area contributed by atoms with Crippen molar-refractivity contribution in [1.29, 1.82) is 0 Å². The summed E-state index contributed by atoms with van der Waals surface area (Å²) in [6.45, 7) is 5.12. The molecule has 0 atom stereocenters. The predicted octanol–water partition coefficient (Wildman–Crippen LogP) is 2.06. The highest BCUT2D eigenvalue weighted by molar-refractivity contribution is 5.80. The molecule has 0 unspecified atom stereocenters. The molecule has 1 amide bonds. The lowest BCUT2D eigenvalue weighted by Gasteiger charge is -2.18. The lowest BCUT2D eigenvalue weighted by atomic mass is 9.94.